The smallest absolute Gasteiger partial charge is 0.201 e. The number of nitrogens with zero attached hydrogens (tertiary/aromatic N) is 1. The maximum atomic E-state index is 4.48. The number of hydrogen-bond acceptors (Lipinski definition) is 3. The number of aromatic nitrogens is 2. The van der Waals surface area contributed by atoms with Crippen LogP contribution in [-0.4, -0.2) is 9.97 Å². The number of hydrogen-bond donors (Lipinski definition) is 2. The molecule has 0 aliphatic carbocycles. The van der Waals surface area contributed by atoms with Gasteiger partial charge in [0.25, 0.3) is 0 Å². The van der Waals surface area contributed by atoms with Crippen molar-refractivity contribution in [2.75, 3.05) is 5.32 Å². The Morgan fingerprint density at radius 1 is 1.29 bits per heavy atom. The lowest BCUT2D eigenvalue weighted by molar-refractivity contribution is 1.11. The van der Waals surface area contributed by atoms with Gasteiger partial charge in [-0.1, -0.05) is 12.1 Å². The zero-order valence-electron chi connectivity index (χ0n) is 9.53. The molecule has 3 rings (SSSR count). The molecule has 0 bridgehead atoms. The van der Waals surface area contributed by atoms with Crippen molar-refractivity contribution in [3.05, 3.63) is 46.2 Å². The van der Waals surface area contributed by atoms with Gasteiger partial charge in [-0.25, -0.2) is 4.98 Å². The zero-order chi connectivity index (χ0) is 11.7. The molecule has 86 valence electrons. The Morgan fingerprint density at radius 3 is 2.94 bits per heavy atom. The first-order chi connectivity index (χ1) is 8.33. The van der Waals surface area contributed by atoms with Gasteiger partial charge < -0.3 is 10.3 Å². The number of aromatic amines is 1. The number of aryl methyl sites for hydroxylation is 1. The van der Waals surface area contributed by atoms with E-state index in [4.69, 9.17) is 0 Å². The van der Waals surface area contributed by atoms with Crippen LogP contribution < -0.4 is 5.32 Å². The Balaban J connectivity index is 1.79. The monoisotopic (exact) mass is 243 g/mol. The molecular formula is C13H13N3S. The number of imidazole rings is 1. The average Bonchev–Trinajstić information content (AvgIpc) is 2.92. The number of fused-ring (bicyclic) bond motifs is 1. The molecule has 4 heteroatoms. The Kier molecular flexibility index (Phi) is 2.57. The molecule has 0 unspecified atom stereocenters. The van der Waals surface area contributed by atoms with Crippen molar-refractivity contribution in [1.29, 1.82) is 0 Å². The molecule has 0 radical (unpaired) electrons. The summed E-state index contributed by atoms with van der Waals surface area (Å²) in [5.41, 5.74) is 3.40. The van der Waals surface area contributed by atoms with Crippen molar-refractivity contribution < 1.29 is 0 Å². The number of thiophene rings is 1. The predicted octanol–water partition coefficient (Wildman–Crippen LogP) is 3.54. The lowest BCUT2D eigenvalue weighted by atomic mass is 10.3. The minimum absolute atomic E-state index is 0.823. The van der Waals surface area contributed by atoms with E-state index < -0.39 is 0 Å². The first-order valence-corrected chi connectivity index (χ1v) is 6.42. The Bertz CT molecular complexity index is 606. The van der Waals surface area contributed by atoms with Gasteiger partial charge >= 0.3 is 0 Å². The quantitative estimate of drug-likeness (QED) is 0.738. The van der Waals surface area contributed by atoms with E-state index in [1.54, 1.807) is 11.3 Å². The van der Waals surface area contributed by atoms with Crippen molar-refractivity contribution in [2.24, 2.45) is 0 Å². The van der Waals surface area contributed by atoms with E-state index >= 15 is 0 Å². The number of benzene rings is 1. The topological polar surface area (TPSA) is 40.7 Å². The highest BCUT2D eigenvalue weighted by Crippen LogP contribution is 2.18. The first kappa shape index (κ1) is 10.4. The van der Waals surface area contributed by atoms with E-state index in [1.165, 1.54) is 10.4 Å². The number of anilines is 1. The third kappa shape index (κ3) is 2.03. The fraction of sp³-hybridized carbons (Fsp3) is 0.154. The summed E-state index contributed by atoms with van der Waals surface area (Å²) in [4.78, 5) is 9.09. The van der Waals surface area contributed by atoms with E-state index in [0.29, 0.717) is 0 Å². The van der Waals surface area contributed by atoms with E-state index in [2.05, 4.69) is 33.7 Å². The molecular weight excluding hydrogens is 230 g/mol. The standard InChI is InChI=1S/C13H13N3S/c1-9-6-7-17-12(9)8-14-13-15-10-4-2-3-5-11(10)16-13/h2-7H,8H2,1H3,(H2,14,15,16). The van der Waals surface area contributed by atoms with Crippen LogP contribution in [0.15, 0.2) is 35.7 Å². The molecule has 1 aromatic carbocycles. The highest BCUT2D eigenvalue weighted by Gasteiger charge is 2.03. The van der Waals surface area contributed by atoms with Crippen LogP contribution in [0, 0.1) is 6.92 Å². The molecule has 2 aromatic heterocycles. The Morgan fingerprint density at radius 2 is 2.18 bits per heavy atom. The van der Waals surface area contributed by atoms with Gasteiger partial charge in [0, 0.05) is 4.88 Å². The maximum Gasteiger partial charge on any atom is 0.201 e. The summed E-state index contributed by atoms with van der Waals surface area (Å²) in [6.07, 6.45) is 0. The lowest BCUT2D eigenvalue weighted by Gasteiger charge is -2.01. The summed E-state index contributed by atoms with van der Waals surface area (Å²) in [6, 6.07) is 10.2. The molecule has 3 aromatic rings. The van der Waals surface area contributed by atoms with Crippen molar-refractivity contribution in [1.82, 2.24) is 9.97 Å². The molecule has 2 heterocycles. The number of para-hydroxylation sites is 2. The van der Waals surface area contributed by atoms with Gasteiger partial charge in [-0.15, -0.1) is 11.3 Å². The van der Waals surface area contributed by atoms with Crippen LogP contribution in [0.4, 0.5) is 5.95 Å². The summed E-state index contributed by atoms with van der Waals surface area (Å²) in [5, 5.41) is 5.44. The molecule has 0 aliphatic rings. The Labute approximate surface area is 104 Å². The van der Waals surface area contributed by atoms with Gasteiger partial charge in [-0.3, -0.25) is 0 Å². The van der Waals surface area contributed by atoms with Crippen molar-refractivity contribution in [3.8, 4) is 0 Å². The van der Waals surface area contributed by atoms with E-state index in [-0.39, 0.29) is 0 Å². The van der Waals surface area contributed by atoms with Crippen LogP contribution in [0.25, 0.3) is 11.0 Å². The lowest BCUT2D eigenvalue weighted by Crippen LogP contribution is -1.99. The average molecular weight is 243 g/mol. The van der Waals surface area contributed by atoms with E-state index in [9.17, 15) is 0 Å². The summed E-state index contributed by atoms with van der Waals surface area (Å²) in [6.45, 7) is 2.95. The molecule has 0 fully saturated rings. The molecule has 2 N–H and O–H groups in total. The summed E-state index contributed by atoms with van der Waals surface area (Å²) >= 11 is 1.77. The zero-order valence-corrected chi connectivity index (χ0v) is 10.3. The fourth-order valence-electron chi connectivity index (χ4n) is 1.79. The molecule has 0 saturated heterocycles. The number of rotatable bonds is 3. The first-order valence-electron chi connectivity index (χ1n) is 5.54. The fourth-order valence-corrected chi connectivity index (χ4v) is 2.63. The maximum absolute atomic E-state index is 4.48. The third-order valence-electron chi connectivity index (χ3n) is 2.77. The molecule has 0 amide bonds. The summed E-state index contributed by atoms with van der Waals surface area (Å²) in [5.74, 6) is 0.832. The van der Waals surface area contributed by atoms with Crippen LogP contribution in [0.2, 0.25) is 0 Å². The molecule has 17 heavy (non-hydrogen) atoms. The van der Waals surface area contributed by atoms with Gasteiger partial charge in [-0.05, 0) is 36.1 Å². The van der Waals surface area contributed by atoms with Crippen LogP contribution >= 0.6 is 11.3 Å². The largest absolute Gasteiger partial charge is 0.351 e. The van der Waals surface area contributed by atoms with E-state index in [0.717, 1.165) is 23.5 Å². The number of nitrogens with one attached hydrogen (secondary N) is 2. The molecule has 0 spiro atoms. The molecule has 0 aliphatic heterocycles. The van der Waals surface area contributed by atoms with Crippen LogP contribution in [-0.2, 0) is 6.54 Å². The van der Waals surface area contributed by atoms with Gasteiger partial charge in [0.2, 0.25) is 5.95 Å². The van der Waals surface area contributed by atoms with Crippen molar-refractivity contribution in [2.45, 2.75) is 13.5 Å². The van der Waals surface area contributed by atoms with Crippen molar-refractivity contribution >= 4 is 28.3 Å². The van der Waals surface area contributed by atoms with Gasteiger partial charge in [0.15, 0.2) is 0 Å². The second-order valence-corrected chi connectivity index (χ2v) is 4.98. The van der Waals surface area contributed by atoms with Crippen molar-refractivity contribution in [3.63, 3.8) is 0 Å². The second-order valence-electron chi connectivity index (χ2n) is 3.98. The predicted molar refractivity (Wildman–Crippen MR) is 72.5 cm³/mol. The second kappa shape index (κ2) is 4.22. The van der Waals surface area contributed by atoms with Crippen LogP contribution in [0.1, 0.15) is 10.4 Å². The van der Waals surface area contributed by atoms with Gasteiger partial charge in [-0.2, -0.15) is 0 Å². The third-order valence-corrected chi connectivity index (χ3v) is 3.80. The highest BCUT2D eigenvalue weighted by atomic mass is 32.1. The minimum atomic E-state index is 0.823. The van der Waals surface area contributed by atoms with Gasteiger partial charge in [0.1, 0.15) is 0 Å². The summed E-state index contributed by atoms with van der Waals surface area (Å²) in [7, 11) is 0. The van der Waals surface area contributed by atoms with Crippen LogP contribution in [0.5, 0.6) is 0 Å². The van der Waals surface area contributed by atoms with Gasteiger partial charge in [0.05, 0.1) is 17.6 Å². The van der Waals surface area contributed by atoms with E-state index in [1.807, 2.05) is 24.3 Å². The van der Waals surface area contributed by atoms with Crippen LogP contribution in [0.3, 0.4) is 0 Å². The highest BCUT2D eigenvalue weighted by molar-refractivity contribution is 7.10. The molecule has 3 nitrogen and oxygen atoms in total. The SMILES string of the molecule is Cc1ccsc1CNc1nc2ccccc2[nH]1. The Hall–Kier alpha value is -1.81. The molecule has 0 atom stereocenters. The summed E-state index contributed by atoms with van der Waals surface area (Å²) < 4.78 is 0. The minimum Gasteiger partial charge on any atom is -0.351 e. The normalized spacial score (nSPS) is 10.9. The molecule has 0 saturated carbocycles. The number of H-pyrrole nitrogens is 1.